The first-order chi connectivity index (χ1) is 11.9. The van der Waals surface area contributed by atoms with Crippen molar-refractivity contribution in [2.24, 2.45) is 0 Å². The van der Waals surface area contributed by atoms with E-state index < -0.39 is 0 Å². The summed E-state index contributed by atoms with van der Waals surface area (Å²) in [6.07, 6.45) is 10.3. The first kappa shape index (κ1) is 14.1. The maximum Gasteiger partial charge on any atom is 0.165 e. The smallest absolute Gasteiger partial charge is 0.165 e. The largest absolute Gasteiger partial charge is 0.265 e. The lowest BCUT2D eigenvalue weighted by Crippen LogP contribution is -2.00. The van der Waals surface area contributed by atoms with Crippen LogP contribution < -0.4 is 0 Å². The monoisotopic (exact) mass is 312 g/mol. The standard InChI is InChI=1S/C18H12N6/c1-2-15(12-21-7-1)18-23-16(13-3-8-19-9-4-13)22-17(24-18)14-5-10-20-11-6-14/h1-12H. The molecule has 0 aliphatic rings. The Labute approximate surface area is 138 Å². The lowest BCUT2D eigenvalue weighted by molar-refractivity contribution is 1.07. The Morgan fingerprint density at radius 2 is 0.958 bits per heavy atom. The molecule has 0 saturated carbocycles. The third-order valence-corrected chi connectivity index (χ3v) is 3.43. The summed E-state index contributed by atoms with van der Waals surface area (Å²) in [5, 5.41) is 0. The molecule has 4 aromatic heterocycles. The van der Waals surface area contributed by atoms with E-state index in [2.05, 4.69) is 29.9 Å². The maximum atomic E-state index is 4.60. The van der Waals surface area contributed by atoms with Gasteiger partial charge in [0, 0.05) is 53.9 Å². The molecule has 0 aliphatic heterocycles. The van der Waals surface area contributed by atoms with Crippen LogP contribution in [0.3, 0.4) is 0 Å². The molecular weight excluding hydrogens is 300 g/mol. The van der Waals surface area contributed by atoms with Crippen molar-refractivity contribution in [1.82, 2.24) is 29.9 Å². The van der Waals surface area contributed by atoms with Crippen molar-refractivity contribution in [3.63, 3.8) is 0 Å². The molecule has 0 radical (unpaired) electrons. The summed E-state index contributed by atoms with van der Waals surface area (Å²) in [5.41, 5.74) is 2.60. The molecule has 0 aromatic carbocycles. The van der Waals surface area contributed by atoms with Gasteiger partial charge < -0.3 is 0 Å². The maximum absolute atomic E-state index is 4.60. The number of rotatable bonds is 3. The Morgan fingerprint density at radius 3 is 1.42 bits per heavy atom. The Kier molecular flexibility index (Phi) is 3.69. The van der Waals surface area contributed by atoms with E-state index >= 15 is 0 Å². The first-order valence-electron chi connectivity index (χ1n) is 7.37. The van der Waals surface area contributed by atoms with Gasteiger partial charge in [-0.1, -0.05) is 0 Å². The van der Waals surface area contributed by atoms with Crippen molar-refractivity contribution in [2.45, 2.75) is 0 Å². The summed E-state index contributed by atoms with van der Waals surface area (Å²) >= 11 is 0. The van der Waals surface area contributed by atoms with Crippen LogP contribution in [0.2, 0.25) is 0 Å². The van der Waals surface area contributed by atoms with Crippen LogP contribution in [-0.2, 0) is 0 Å². The fourth-order valence-electron chi connectivity index (χ4n) is 2.26. The molecule has 6 nitrogen and oxygen atoms in total. The zero-order valence-corrected chi connectivity index (χ0v) is 12.6. The van der Waals surface area contributed by atoms with Crippen molar-refractivity contribution in [3.8, 4) is 34.2 Å². The second-order valence-corrected chi connectivity index (χ2v) is 5.02. The summed E-state index contributed by atoms with van der Waals surface area (Å²) in [7, 11) is 0. The van der Waals surface area contributed by atoms with Crippen molar-refractivity contribution >= 4 is 0 Å². The molecule has 0 atom stereocenters. The van der Waals surface area contributed by atoms with Crippen LogP contribution in [-0.4, -0.2) is 29.9 Å². The van der Waals surface area contributed by atoms with E-state index in [1.165, 1.54) is 0 Å². The molecule has 4 heterocycles. The van der Waals surface area contributed by atoms with E-state index in [1.54, 1.807) is 37.2 Å². The predicted octanol–water partition coefficient (Wildman–Crippen LogP) is 3.06. The van der Waals surface area contributed by atoms with Crippen LogP contribution in [0.1, 0.15) is 0 Å². The van der Waals surface area contributed by atoms with E-state index in [0.29, 0.717) is 17.5 Å². The third kappa shape index (κ3) is 2.85. The van der Waals surface area contributed by atoms with Crippen molar-refractivity contribution in [2.75, 3.05) is 0 Å². The molecule has 24 heavy (non-hydrogen) atoms. The number of hydrogen-bond donors (Lipinski definition) is 0. The Bertz CT molecular complexity index is 803. The molecule has 0 spiro atoms. The van der Waals surface area contributed by atoms with Gasteiger partial charge >= 0.3 is 0 Å². The highest BCUT2D eigenvalue weighted by Gasteiger charge is 2.11. The second-order valence-electron chi connectivity index (χ2n) is 5.02. The minimum absolute atomic E-state index is 0.580. The van der Waals surface area contributed by atoms with E-state index in [-0.39, 0.29) is 0 Å². The number of aromatic nitrogens is 6. The van der Waals surface area contributed by atoms with E-state index in [0.717, 1.165) is 16.7 Å². The van der Waals surface area contributed by atoms with Gasteiger partial charge in [-0.15, -0.1) is 0 Å². The summed E-state index contributed by atoms with van der Waals surface area (Å²) in [6.45, 7) is 0. The van der Waals surface area contributed by atoms with E-state index in [9.17, 15) is 0 Å². The fraction of sp³-hybridized carbons (Fsp3) is 0. The Balaban J connectivity index is 1.92. The van der Waals surface area contributed by atoms with Crippen LogP contribution in [0.15, 0.2) is 73.6 Å². The first-order valence-corrected chi connectivity index (χ1v) is 7.37. The molecule has 0 unspecified atom stereocenters. The molecule has 0 amide bonds. The zero-order chi connectivity index (χ0) is 16.2. The number of hydrogen-bond acceptors (Lipinski definition) is 6. The van der Waals surface area contributed by atoms with E-state index in [1.807, 2.05) is 36.4 Å². The highest BCUT2D eigenvalue weighted by molar-refractivity contribution is 5.65. The quantitative estimate of drug-likeness (QED) is 0.578. The predicted molar refractivity (Wildman–Crippen MR) is 89.5 cm³/mol. The molecule has 0 bridgehead atoms. The van der Waals surface area contributed by atoms with Crippen LogP contribution in [0.4, 0.5) is 0 Å². The molecule has 114 valence electrons. The van der Waals surface area contributed by atoms with Crippen LogP contribution in [0.25, 0.3) is 34.2 Å². The minimum Gasteiger partial charge on any atom is -0.265 e. The summed E-state index contributed by atoms with van der Waals surface area (Å²) in [6, 6.07) is 11.3. The van der Waals surface area contributed by atoms with Gasteiger partial charge in [0.2, 0.25) is 0 Å². The normalized spacial score (nSPS) is 10.5. The number of nitrogens with zero attached hydrogens (tertiary/aromatic N) is 6. The Hall–Kier alpha value is -3.54. The fourth-order valence-corrected chi connectivity index (χ4v) is 2.26. The van der Waals surface area contributed by atoms with Gasteiger partial charge in [-0.3, -0.25) is 15.0 Å². The van der Waals surface area contributed by atoms with Crippen molar-refractivity contribution < 1.29 is 0 Å². The zero-order valence-electron chi connectivity index (χ0n) is 12.6. The molecule has 0 fully saturated rings. The number of pyridine rings is 3. The average Bonchev–Trinajstić information content (AvgIpc) is 2.70. The van der Waals surface area contributed by atoms with Gasteiger partial charge in [0.25, 0.3) is 0 Å². The van der Waals surface area contributed by atoms with Crippen molar-refractivity contribution in [1.29, 1.82) is 0 Å². The molecule has 4 aromatic rings. The second kappa shape index (κ2) is 6.29. The summed E-state index contributed by atoms with van der Waals surface area (Å²) < 4.78 is 0. The highest BCUT2D eigenvalue weighted by atomic mass is 15.0. The minimum atomic E-state index is 0.580. The lowest BCUT2D eigenvalue weighted by atomic mass is 10.2. The Morgan fingerprint density at radius 1 is 0.458 bits per heavy atom. The van der Waals surface area contributed by atoms with E-state index in [4.69, 9.17) is 0 Å². The molecule has 6 heteroatoms. The summed E-state index contributed by atoms with van der Waals surface area (Å²) in [5.74, 6) is 1.77. The molecule has 0 saturated heterocycles. The SMILES string of the molecule is c1cncc(-c2nc(-c3ccncc3)nc(-c3ccncc3)n2)c1. The topological polar surface area (TPSA) is 77.3 Å². The highest BCUT2D eigenvalue weighted by Crippen LogP contribution is 2.23. The molecular formula is C18H12N6. The van der Waals surface area contributed by atoms with Gasteiger partial charge in [0.15, 0.2) is 17.5 Å². The molecule has 4 rings (SSSR count). The molecule has 0 N–H and O–H groups in total. The van der Waals surface area contributed by atoms with Gasteiger partial charge in [-0.25, -0.2) is 15.0 Å². The van der Waals surface area contributed by atoms with Crippen molar-refractivity contribution in [3.05, 3.63) is 73.6 Å². The van der Waals surface area contributed by atoms with Gasteiger partial charge in [0.1, 0.15) is 0 Å². The third-order valence-electron chi connectivity index (χ3n) is 3.43. The summed E-state index contributed by atoms with van der Waals surface area (Å²) in [4.78, 5) is 26.0. The van der Waals surface area contributed by atoms with Gasteiger partial charge in [-0.05, 0) is 36.4 Å². The van der Waals surface area contributed by atoms with Crippen LogP contribution >= 0.6 is 0 Å². The average molecular weight is 312 g/mol. The van der Waals surface area contributed by atoms with Crippen LogP contribution in [0.5, 0.6) is 0 Å². The molecule has 0 aliphatic carbocycles. The lowest BCUT2D eigenvalue weighted by Gasteiger charge is -2.07. The van der Waals surface area contributed by atoms with Gasteiger partial charge in [0.05, 0.1) is 0 Å². The van der Waals surface area contributed by atoms with Gasteiger partial charge in [-0.2, -0.15) is 0 Å². The van der Waals surface area contributed by atoms with Crippen LogP contribution in [0, 0.1) is 0 Å².